The van der Waals surface area contributed by atoms with E-state index in [1.165, 1.54) is 23.9 Å². The quantitative estimate of drug-likeness (QED) is 0.0396. The maximum absolute atomic E-state index is 13.4. The van der Waals surface area contributed by atoms with E-state index in [1.54, 1.807) is 36.6 Å². The van der Waals surface area contributed by atoms with Gasteiger partial charge in [-0.05, 0) is 180 Å². The molecule has 31 heteroatoms. The number of hydrogen-bond acceptors (Lipinski definition) is 23. The second-order valence-corrected chi connectivity index (χ2v) is 30.0. The van der Waals surface area contributed by atoms with Crippen molar-refractivity contribution in [1.82, 2.24) is 74.4 Å². The number of benzene rings is 7. The average molecular weight is 1580 g/mol. The van der Waals surface area contributed by atoms with Crippen LogP contribution in [0.4, 0.5) is 22.2 Å². The van der Waals surface area contributed by atoms with Gasteiger partial charge in [-0.2, -0.15) is 29.0 Å². The molecule has 9 heterocycles. The number of fused-ring (bicyclic) bond motifs is 3. The fourth-order valence-electron chi connectivity index (χ4n) is 13.6. The van der Waals surface area contributed by atoms with E-state index in [9.17, 15) is 22.8 Å². The molecule has 0 bridgehead atoms. The summed E-state index contributed by atoms with van der Waals surface area (Å²) in [6.07, 6.45) is 10.5. The zero-order chi connectivity index (χ0) is 81.3. The number of rotatable bonds is 16. The van der Waals surface area contributed by atoms with Gasteiger partial charge in [0.25, 0.3) is 21.7 Å². The Morgan fingerprint density at radius 2 is 0.974 bits per heavy atom. The predicted octanol–water partition coefficient (Wildman–Crippen LogP) is 14.7. The molecule has 13 aromatic rings. The molecule has 0 saturated carbocycles. The number of amides is 3. The Bertz CT molecular complexity index is 5820. The summed E-state index contributed by atoms with van der Waals surface area (Å²) in [5, 5.41) is 27.9. The second kappa shape index (κ2) is 36.5. The Labute approximate surface area is 669 Å². The number of anilines is 3. The van der Waals surface area contributed by atoms with Gasteiger partial charge in [-0.15, -0.1) is 0 Å². The van der Waals surface area contributed by atoms with Gasteiger partial charge in [0.2, 0.25) is 5.91 Å². The number of ether oxygens (including phenoxy) is 4. The first kappa shape index (κ1) is 79.9. The van der Waals surface area contributed by atoms with Crippen molar-refractivity contribution in [2.24, 2.45) is 0 Å². The Balaban J connectivity index is 0.000000141. The van der Waals surface area contributed by atoms with Gasteiger partial charge in [0.1, 0.15) is 94.3 Å². The number of nitrogens with two attached hydrogens (primary N) is 3. The van der Waals surface area contributed by atoms with Crippen LogP contribution in [0.25, 0.3) is 77.8 Å². The highest BCUT2D eigenvalue weighted by atomic mass is 32.2. The van der Waals surface area contributed by atoms with Gasteiger partial charge in [-0.25, -0.2) is 48.9 Å². The van der Waals surface area contributed by atoms with Crippen molar-refractivity contribution < 1.29 is 45.9 Å². The van der Waals surface area contributed by atoms with Crippen molar-refractivity contribution in [3.63, 3.8) is 0 Å². The number of para-hydroxylation sites is 3. The number of carbonyl (C=O) groups excluding carboxylic acids is 3. The Morgan fingerprint density at radius 3 is 1.44 bits per heavy atom. The van der Waals surface area contributed by atoms with E-state index in [1.807, 2.05) is 210 Å². The van der Waals surface area contributed by atoms with Crippen LogP contribution in [0, 0.1) is 17.9 Å². The fourth-order valence-corrected chi connectivity index (χ4v) is 14.2. The van der Waals surface area contributed by atoms with E-state index in [-0.39, 0.29) is 42.6 Å². The van der Waals surface area contributed by atoms with E-state index in [4.69, 9.17) is 62.4 Å². The first-order valence-corrected chi connectivity index (χ1v) is 39.3. The van der Waals surface area contributed by atoms with Crippen LogP contribution in [0.1, 0.15) is 83.4 Å². The summed E-state index contributed by atoms with van der Waals surface area (Å²) < 4.78 is 53.6. The number of nitriles is 1. The minimum Gasteiger partial charge on any atom is -0.457 e. The molecule has 590 valence electrons. The van der Waals surface area contributed by atoms with E-state index < -0.39 is 27.9 Å². The second-order valence-electron chi connectivity index (χ2n) is 28.4. The van der Waals surface area contributed by atoms with E-state index in [2.05, 4.69) is 44.9 Å². The predicted molar refractivity (Wildman–Crippen MR) is 439 cm³/mol. The zero-order valence-electron chi connectivity index (χ0n) is 64.1. The molecular formula is C85H84N20O10S. The van der Waals surface area contributed by atoms with Gasteiger partial charge in [-0.1, -0.05) is 84.9 Å². The molecule has 7 N–H and O–H groups in total. The summed E-state index contributed by atoms with van der Waals surface area (Å²) in [5.41, 5.74) is 25.5. The molecular weight excluding hydrogens is 1490 g/mol. The van der Waals surface area contributed by atoms with Crippen LogP contribution >= 0.6 is 0 Å². The van der Waals surface area contributed by atoms with Crippen LogP contribution in [0.5, 0.6) is 34.5 Å². The number of piperidine rings is 3. The maximum atomic E-state index is 13.4. The monoisotopic (exact) mass is 1580 g/mol. The van der Waals surface area contributed by atoms with Gasteiger partial charge in [0, 0.05) is 49.4 Å². The van der Waals surface area contributed by atoms with Crippen molar-refractivity contribution in [2.75, 3.05) is 62.7 Å². The summed E-state index contributed by atoms with van der Waals surface area (Å²) in [6, 6.07) is 62.9. The summed E-state index contributed by atoms with van der Waals surface area (Å²) in [5.74, 6) is 5.13. The van der Waals surface area contributed by atoms with Crippen molar-refractivity contribution in [3.05, 3.63) is 236 Å². The normalized spacial score (nSPS) is 15.6. The number of aromatic nitrogens is 12. The van der Waals surface area contributed by atoms with Crippen LogP contribution in [0.15, 0.2) is 219 Å². The Kier molecular flexibility index (Phi) is 25.2. The number of nitrogens with zero attached hydrogens (tertiary/aromatic N) is 16. The number of likely N-dealkylation sites (tertiary alicyclic amines) is 3. The third kappa shape index (κ3) is 20.2. The van der Waals surface area contributed by atoms with Crippen LogP contribution in [-0.2, 0) is 28.6 Å². The van der Waals surface area contributed by atoms with E-state index >= 15 is 0 Å². The smallest absolute Gasteiger partial charge is 0.410 e. The van der Waals surface area contributed by atoms with Gasteiger partial charge in [0.15, 0.2) is 16.9 Å². The molecule has 0 radical (unpaired) electrons. The maximum Gasteiger partial charge on any atom is 0.410 e. The van der Waals surface area contributed by atoms with E-state index in [0.717, 1.165) is 88.3 Å². The zero-order valence-corrected chi connectivity index (χ0v) is 64.9. The molecule has 7 aromatic carbocycles. The number of hydrogen-bond donors (Lipinski definition) is 4. The number of H-pyrrole nitrogens is 1. The highest BCUT2D eigenvalue weighted by molar-refractivity contribution is 7.86. The third-order valence-electron chi connectivity index (χ3n) is 18.9. The molecule has 116 heavy (non-hydrogen) atoms. The largest absolute Gasteiger partial charge is 0.457 e. The molecule has 3 fully saturated rings. The van der Waals surface area contributed by atoms with Gasteiger partial charge in [-0.3, -0.25) is 18.9 Å². The van der Waals surface area contributed by atoms with Crippen molar-refractivity contribution in [3.8, 4) is 74.3 Å². The minimum absolute atomic E-state index is 0.0670. The average Bonchev–Trinajstić information content (AvgIpc) is 1.59. The first-order chi connectivity index (χ1) is 56.1. The number of nitrogens with one attached hydrogen (secondary N) is 1. The van der Waals surface area contributed by atoms with Crippen molar-refractivity contribution in [1.29, 1.82) is 5.26 Å². The summed E-state index contributed by atoms with van der Waals surface area (Å²) in [6.45, 7) is 15.9. The molecule has 3 aliphatic heterocycles. The van der Waals surface area contributed by atoms with Crippen LogP contribution in [0.3, 0.4) is 0 Å². The van der Waals surface area contributed by atoms with Gasteiger partial charge < -0.3 is 50.8 Å². The van der Waals surface area contributed by atoms with Gasteiger partial charge in [0.05, 0.1) is 65.5 Å². The molecule has 6 aromatic heterocycles. The topological polar surface area (TPSA) is 389 Å². The molecule has 3 unspecified atom stereocenters. The first-order valence-electron chi connectivity index (χ1n) is 37.5. The fraction of sp³-hybridized carbons (Fsp3) is 0.247. The third-order valence-corrected chi connectivity index (χ3v) is 19.5. The highest BCUT2D eigenvalue weighted by Crippen LogP contribution is 2.39. The lowest BCUT2D eigenvalue weighted by Gasteiger charge is -2.33. The molecule has 16 rings (SSSR count). The molecule has 3 saturated heterocycles. The lowest BCUT2D eigenvalue weighted by atomic mass is 10.0. The Morgan fingerprint density at radius 1 is 0.552 bits per heavy atom. The lowest BCUT2D eigenvalue weighted by molar-refractivity contribution is -0.131. The molecule has 0 aliphatic carbocycles. The molecule has 30 nitrogen and oxygen atoms in total. The lowest BCUT2D eigenvalue weighted by Crippen LogP contribution is -2.45. The SMILES string of the molecule is CC(C)(C)OC(=O)N1CCCC(OS(C)(=O)=O)C1.N#CCC(=O)N1CCCC(n2nc(-c3ccc(Oc4ccccc4)cc3)c3c(N)ncnc32)C1.Nc1ncnc2n[nH]c(-c3ccc(Oc4ccccc4)cc3)c12.[C-]#[N+]/C(=C\c1ccccc1)C(=O)N1CCCC(n2nc(-c3ccc(Oc4ccccc4)cc3)c3c(N)ncnc32)C1. The molecule has 3 aliphatic rings. The van der Waals surface area contributed by atoms with Crippen molar-refractivity contribution >= 4 is 84.7 Å². The standard InChI is InChI=1S/C32H27N7O2.C25H23N7O2.C17H13N5O.C11H21NO5S/c1-34-27(19-22-9-4-2-5-10-22)32(40)38-18-8-11-24(20-38)39-31-28(30(33)35-21-36-31)29(37-39)23-14-16-26(17-15-23)41-25-12-6-3-7-13-25;26-13-12-21(33)31-14-4-5-18(15-31)32-25-22(24(27)28-16-29-25)23(30-32)17-8-10-20(11-9-17)34-19-6-2-1-3-7-19;18-16-14-15(21-22-17(14)20-10-19-16)11-6-8-13(9-7-11)23-12-4-2-1-3-5-12;1-11(2,3)16-10(13)12-7-5-6-9(8-12)17-18(4,14)15/h2-7,9-10,12-17,19,21,24H,8,11,18,20H2,(H2,33,35,36);1-3,6-11,16,18H,4-5,12,14-15H2,(H2,27,28,29);1-10H,(H3,18,19,20,21,22);9H,5-8H2,1-4H3/b27-19-;;;. The van der Waals surface area contributed by atoms with Gasteiger partial charge >= 0.3 is 6.09 Å². The summed E-state index contributed by atoms with van der Waals surface area (Å²) in [4.78, 5) is 71.5. The number of aromatic amines is 1. The van der Waals surface area contributed by atoms with Crippen LogP contribution in [0.2, 0.25) is 0 Å². The summed E-state index contributed by atoms with van der Waals surface area (Å²) >= 11 is 0. The number of carbonyl (C=O) groups is 3. The number of nitrogen functional groups attached to an aromatic ring is 3. The Hall–Kier alpha value is -14.2. The van der Waals surface area contributed by atoms with E-state index in [0.29, 0.717) is 114 Å². The molecule has 3 amide bonds. The van der Waals surface area contributed by atoms with Crippen LogP contribution < -0.4 is 31.4 Å². The highest BCUT2D eigenvalue weighted by Gasteiger charge is 2.33. The minimum atomic E-state index is -3.49. The van der Waals surface area contributed by atoms with Crippen LogP contribution in [-0.4, -0.2) is 158 Å². The summed E-state index contributed by atoms with van der Waals surface area (Å²) in [7, 11) is -3.49. The molecule has 0 spiro atoms. The van der Waals surface area contributed by atoms with Crippen molar-refractivity contribution in [2.45, 2.75) is 89.5 Å². The molecule has 3 atom stereocenters.